The van der Waals surface area contributed by atoms with Gasteiger partial charge >= 0.3 is 6.18 Å². The maximum atomic E-state index is 12.8. The summed E-state index contributed by atoms with van der Waals surface area (Å²) in [4.78, 5) is 21.1. The Kier molecular flexibility index (Phi) is 6.71. The molecule has 1 heterocycles. The molecule has 1 aromatic carbocycles. The van der Waals surface area contributed by atoms with Crippen LogP contribution in [-0.4, -0.2) is 43.5 Å². The Hall–Kier alpha value is -2.45. The number of benzene rings is 1. The molecule has 1 aromatic heterocycles. The zero-order valence-electron chi connectivity index (χ0n) is 16.0. The van der Waals surface area contributed by atoms with Crippen molar-refractivity contribution < 1.29 is 37.0 Å². The van der Waals surface area contributed by atoms with E-state index in [1.165, 1.54) is 31.2 Å². The summed E-state index contributed by atoms with van der Waals surface area (Å²) in [5, 5.41) is 14.8. The lowest BCUT2D eigenvalue weighted by molar-refractivity contribution is -0.134. The summed E-state index contributed by atoms with van der Waals surface area (Å²) < 4.78 is 58.8. The van der Waals surface area contributed by atoms with Crippen LogP contribution in [0, 0.1) is 0 Å². The molecule has 0 saturated carbocycles. The van der Waals surface area contributed by atoms with Crippen LogP contribution in [0.15, 0.2) is 51.5 Å². The van der Waals surface area contributed by atoms with Crippen molar-refractivity contribution in [1.29, 1.82) is 0 Å². The highest BCUT2D eigenvalue weighted by molar-refractivity contribution is 8.27. The molecule has 4 N–H and O–H groups in total. The molecule has 168 valence electrons. The summed E-state index contributed by atoms with van der Waals surface area (Å²) in [5.74, 6) is -0.891. The van der Waals surface area contributed by atoms with Crippen molar-refractivity contribution >= 4 is 38.7 Å². The van der Waals surface area contributed by atoms with Gasteiger partial charge in [-0.05, 0) is 19.1 Å². The lowest BCUT2D eigenvalue weighted by Crippen LogP contribution is -2.25. The Labute approximate surface area is 180 Å². The number of anilines is 1. The summed E-state index contributed by atoms with van der Waals surface area (Å²) in [6.45, 7) is 1.12. The van der Waals surface area contributed by atoms with Gasteiger partial charge in [0, 0.05) is 16.9 Å². The third kappa shape index (κ3) is 5.62. The fraction of sp³-hybridized carbons (Fsp3) is 0.278. The van der Waals surface area contributed by atoms with Crippen LogP contribution in [0.1, 0.15) is 23.8 Å². The predicted octanol–water partition coefficient (Wildman–Crippen LogP) is 4.30. The smallest absolute Gasteiger partial charge is 0.392 e. The number of hydrogen-bond donors (Lipinski definition) is 4. The molecule has 0 aliphatic heterocycles. The molecule has 8 nitrogen and oxygen atoms in total. The summed E-state index contributed by atoms with van der Waals surface area (Å²) in [5.41, 5.74) is -0.0864. The van der Waals surface area contributed by atoms with Gasteiger partial charge in [-0.3, -0.25) is 19.2 Å². The Morgan fingerprint density at radius 2 is 2.00 bits per heavy atom. The first-order valence-corrected chi connectivity index (χ1v) is 11.2. The van der Waals surface area contributed by atoms with Crippen LogP contribution < -0.4 is 5.32 Å². The van der Waals surface area contributed by atoms with Crippen LogP contribution in [-0.2, 0) is 15.8 Å². The van der Waals surface area contributed by atoms with Crippen LogP contribution in [0.25, 0.3) is 0 Å². The number of aromatic nitrogens is 1. The van der Waals surface area contributed by atoms with Crippen LogP contribution in [0.5, 0.6) is 0 Å². The summed E-state index contributed by atoms with van der Waals surface area (Å²) in [7, 11) is -3.08. The molecule has 13 heteroatoms. The molecule has 0 saturated heterocycles. The minimum Gasteiger partial charge on any atom is -0.392 e. The van der Waals surface area contributed by atoms with E-state index in [9.17, 15) is 27.1 Å². The average molecular weight is 477 g/mol. The molecule has 1 amide bonds. The second-order valence-electron chi connectivity index (χ2n) is 6.47. The van der Waals surface area contributed by atoms with Crippen LogP contribution in [0.4, 0.5) is 18.3 Å². The molecule has 0 radical (unpaired) electrons. The molecule has 0 fully saturated rings. The first-order valence-electron chi connectivity index (χ1n) is 8.79. The number of rotatable bonds is 8. The van der Waals surface area contributed by atoms with Gasteiger partial charge in [0.25, 0.3) is 5.91 Å². The highest BCUT2D eigenvalue weighted by Gasteiger charge is 2.34. The molecule has 1 aliphatic rings. The number of oxime groups is 1. The number of hydrogen-bond acceptors (Lipinski definition) is 8. The molecule has 1 aliphatic carbocycles. The molecule has 2 aromatic rings. The van der Waals surface area contributed by atoms with Crippen molar-refractivity contribution in [3.05, 3.63) is 51.9 Å². The fourth-order valence-corrected chi connectivity index (χ4v) is 4.29. The van der Waals surface area contributed by atoms with Crippen molar-refractivity contribution in [2.45, 2.75) is 30.5 Å². The van der Waals surface area contributed by atoms with Crippen LogP contribution in [0.3, 0.4) is 0 Å². The van der Waals surface area contributed by atoms with Gasteiger partial charge in [-0.25, -0.2) is 4.98 Å². The molecule has 3 rings (SSSR count). The minimum atomic E-state index is -4.59. The maximum Gasteiger partial charge on any atom is 0.427 e. The van der Waals surface area contributed by atoms with E-state index in [0.717, 1.165) is 0 Å². The molecule has 31 heavy (non-hydrogen) atoms. The van der Waals surface area contributed by atoms with Crippen LogP contribution >= 0.6 is 21.9 Å². The van der Waals surface area contributed by atoms with Gasteiger partial charge in [-0.1, -0.05) is 34.7 Å². The SMILES string of the molecule is C[C@H](CO)ON=C(C(=O)Nc1ncc(C(F)(F)F)s1)c1ccc(S(O)(O)C2=CC2)cc1. The number of aliphatic hydroxyl groups excluding tert-OH is 1. The highest BCUT2D eigenvalue weighted by Crippen LogP contribution is 2.61. The Bertz CT molecular complexity index is 1020. The zero-order chi connectivity index (χ0) is 22.8. The topological polar surface area (TPSA) is 124 Å². The van der Waals surface area contributed by atoms with E-state index >= 15 is 0 Å². The number of carbonyl (C=O) groups excluding carboxylic acids is 1. The average Bonchev–Trinajstić information content (AvgIpc) is 3.47. The number of thiazole rings is 1. The Balaban J connectivity index is 1.85. The fourth-order valence-electron chi connectivity index (χ4n) is 2.25. The quantitative estimate of drug-likeness (QED) is 0.332. The second-order valence-corrected chi connectivity index (χ2v) is 9.59. The highest BCUT2D eigenvalue weighted by atomic mass is 32.3. The predicted molar refractivity (Wildman–Crippen MR) is 110 cm³/mol. The minimum absolute atomic E-state index is 0.207. The number of allylic oxidation sites excluding steroid dienone is 2. The molecule has 1 atom stereocenters. The summed E-state index contributed by atoms with van der Waals surface area (Å²) >= 11 is 0.253. The van der Waals surface area contributed by atoms with Crippen molar-refractivity contribution in [2.24, 2.45) is 5.16 Å². The maximum absolute atomic E-state index is 12.8. The van der Waals surface area contributed by atoms with E-state index in [0.29, 0.717) is 17.5 Å². The van der Waals surface area contributed by atoms with Crippen molar-refractivity contribution in [3.63, 3.8) is 0 Å². The van der Waals surface area contributed by atoms with Gasteiger partial charge < -0.3 is 9.94 Å². The number of carbonyl (C=O) groups is 1. The largest absolute Gasteiger partial charge is 0.427 e. The van der Waals surface area contributed by atoms with E-state index in [4.69, 9.17) is 9.94 Å². The van der Waals surface area contributed by atoms with Crippen LogP contribution in [0.2, 0.25) is 0 Å². The number of halogens is 3. The lowest BCUT2D eigenvalue weighted by atomic mass is 10.1. The summed E-state index contributed by atoms with van der Waals surface area (Å²) in [6, 6.07) is 5.63. The second kappa shape index (κ2) is 8.96. The molecule has 0 bridgehead atoms. The van der Waals surface area contributed by atoms with Gasteiger partial charge in [-0.15, -0.1) is 10.6 Å². The Morgan fingerprint density at radius 3 is 2.52 bits per heavy atom. The van der Waals surface area contributed by atoms with Gasteiger partial charge in [0.1, 0.15) is 11.0 Å². The Morgan fingerprint density at radius 1 is 1.35 bits per heavy atom. The molecular weight excluding hydrogens is 459 g/mol. The van der Waals surface area contributed by atoms with E-state index in [-0.39, 0.29) is 39.2 Å². The third-order valence-corrected chi connectivity index (χ3v) is 6.95. The van der Waals surface area contributed by atoms with Gasteiger partial charge in [0.05, 0.1) is 17.7 Å². The van der Waals surface area contributed by atoms with E-state index in [1.807, 2.05) is 0 Å². The van der Waals surface area contributed by atoms with Crippen molar-refractivity contribution in [2.75, 3.05) is 11.9 Å². The third-order valence-electron chi connectivity index (χ3n) is 3.99. The molecular formula is C18H18F3N3O5S2. The number of nitrogens with zero attached hydrogens (tertiary/aromatic N) is 2. The molecule has 0 spiro atoms. The lowest BCUT2D eigenvalue weighted by Gasteiger charge is -2.30. The monoisotopic (exact) mass is 477 g/mol. The number of nitrogens with one attached hydrogen (secondary N) is 1. The molecule has 0 unspecified atom stereocenters. The van der Waals surface area contributed by atoms with Crippen molar-refractivity contribution in [1.82, 2.24) is 4.98 Å². The van der Waals surface area contributed by atoms with Gasteiger partial charge in [-0.2, -0.15) is 13.2 Å². The van der Waals surface area contributed by atoms with Crippen molar-refractivity contribution in [3.8, 4) is 0 Å². The standard InChI is InChI=1S/C18H18F3N3O5S2/c1-10(9-25)29-24-15(16(26)23-17-22-8-14(30-17)18(19,20)21)11-2-4-12(5-3-11)31(27,28)13-6-7-13/h2-6,8,10,25,27-28H,7,9H2,1H3,(H,22,23,26)/t10-/m1/s1. The van der Waals surface area contributed by atoms with E-state index < -0.39 is 33.7 Å². The number of aliphatic hydroxyl groups is 1. The van der Waals surface area contributed by atoms with Gasteiger partial charge in [0.15, 0.2) is 10.8 Å². The van der Waals surface area contributed by atoms with E-state index in [2.05, 4.69) is 15.5 Å². The zero-order valence-corrected chi connectivity index (χ0v) is 17.6. The summed E-state index contributed by atoms with van der Waals surface area (Å²) in [6.07, 6.45) is -2.52. The normalized spacial score (nSPS) is 15.8. The first kappa shape index (κ1) is 23.2. The van der Waals surface area contributed by atoms with E-state index in [1.54, 1.807) is 6.08 Å². The first-order chi connectivity index (χ1) is 14.5. The van der Waals surface area contributed by atoms with Gasteiger partial charge in [0.2, 0.25) is 0 Å². The number of amides is 1. The number of alkyl halides is 3.